The van der Waals surface area contributed by atoms with Crippen molar-refractivity contribution in [1.82, 2.24) is 4.90 Å². The van der Waals surface area contributed by atoms with Crippen LogP contribution < -0.4 is 0 Å². The first-order chi connectivity index (χ1) is 7.31. The number of hydrogen-bond acceptors (Lipinski definition) is 1. The van der Waals surface area contributed by atoms with E-state index >= 15 is 0 Å². The summed E-state index contributed by atoms with van der Waals surface area (Å²) < 4.78 is 0. The largest absolute Gasteiger partial charge is 0.339 e. The van der Waals surface area contributed by atoms with Crippen LogP contribution in [0.1, 0.15) is 39.0 Å². The van der Waals surface area contributed by atoms with Crippen molar-refractivity contribution in [2.24, 2.45) is 11.8 Å². The monoisotopic (exact) mass is 207 g/mol. The Hall–Kier alpha value is -0.790. The van der Waals surface area contributed by atoms with Crippen LogP contribution in [0.4, 0.5) is 0 Å². The zero-order valence-electron chi connectivity index (χ0n) is 9.61. The average molecular weight is 207 g/mol. The number of rotatable bonds is 1. The van der Waals surface area contributed by atoms with Crippen LogP contribution in [0.3, 0.4) is 0 Å². The number of amides is 1. The minimum atomic E-state index is 0.210. The van der Waals surface area contributed by atoms with Gasteiger partial charge in [0.1, 0.15) is 0 Å². The van der Waals surface area contributed by atoms with E-state index in [1.54, 1.807) is 6.08 Å². The van der Waals surface area contributed by atoms with Crippen LogP contribution in [0.25, 0.3) is 0 Å². The summed E-state index contributed by atoms with van der Waals surface area (Å²) in [5.41, 5.74) is 0. The lowest BCUT2D eigenvalue weighted by atomic mass is 9.75. The maximum Gasteiger partial charge on any atom is 0.246 e. The van der Waals surface area contributed by atoms with Crippen LogP contribution in [0.5, 0.6) is 0 Å². The quantitative estimate of drug-likeness (QED) is 0.605. The molecule has 2 nitrogen and oxygen atoms in total. The Bertz CT molecular complexity index is 259. The molecule has 2 aliphatic rings. The summed E-state index contributed by atoms with van der Waals surface area (Å²) >= 11 is 0. The van der Waals surface area contributed by atoms with Gasteiger partial charge in [0.15, 0.2) is 0 Å². The molecule has 2 fully saturated rings. The predicted octanol–water partition coefficient (Wildman–Crippen LogP) is 2.60. The van der Waals surface area contributed by atoms with Crippen LogP contribution in [0.2, 0.25) is 0 Å². The van der Waals surface area contributed by atoms with E-state index < -0.39 is 0 Å². The van der Waals surface area contributed by atoms with E-state index in [1.165, 1.54) is 32.1 Å². The second-order valence-electron chi connectivity index (χ2n) is 4.88. The van der Waals surface area contributed by atoms with Crippen molar-refractivity contribution in [3.8, 4) is 0 Å². The van der Waals surface area contributed by atoms with Crippen molar-refractivity contribution >= 4 is 5.91 Å². The van der Waals surface area contributed by atoms with Crippen LogP contribution in [0, 0.1) is 11.8 Å². The van der Waals surface area contributed by atoms with Crippen LogP contribution in [0.15, 0.2) is 12.2 Å². The summed E-state index contributed by atoms with van der Waals surface area (Å²) in [6.45, 7) is 3.89. The molecule has 2 unspecified atom stereocenters. The van der Waals surface area contributed by atoms with Gasteiger partial charge in [-0.1, -0.05) is 25.3 Å². The normalized spacial score (nSPS) is 31.7. The zero-order chi connectivity index (χ0) is 10.7. The zero-order valence-corrected chi connectivity index (χ0v) is 9.61. The molecule has 1 heterocycles. The van der Waals surface area contributed by atoms with E-state index in [4.69, 9.17) is 0 Å². The van der Waals surface area contributed by atoms with Gasteiger partial charge in [0.2, 0.25) is 5.91 Å². The number of piperidine rings is 1. The van der Waals surface area contributed by atoms with Gasteiger partial charge in [-0.15, -0.1) is 0 Å². The number of nitrogens with zero attached hydrogens (tertiary/aromatic N) is 1. The van der Waals surface area contributed by atoms with Gasteiger partial charge >= 0.3 is 0 Å². The highest BCUT2D eigenvalue weighted by Gasteiger charge is 2.32. The Morgan fingerprint density at radius 3 is 2.67 bits per heavy atom. The smallest absolute Gasteiger partial charge is 0.246 e. The molecule has 1 amide bonds. The molecule has 0 radical (unpaired) electrons. The van der Waals surface area contributed by atoms with Crippen molar-refractivity contribution < 1.29 is 4.79 Å². The van der Waals surface area contributed by atoms with E-state index in [0.717, 1.165) is 24.9 Å². The van der Waals surface area contributed by atoms with Crippen molar-refractivity contribution in [3.63, 3.8) is 0 Å². The Balaban J connectivity index is 1.93. The molecule has 84 valence electrons. The molecule has 15 heavy (non-hydrogen) atoms. The number of carbonyl (C=O) groups is 1. The Labute approximate surface area is 92.3 Å². The van der Waals surface area contributed by atoms with Gasteiger partial charge in [0.05, 0.1) is 0 Å². The lowest BCUT2D eigenvalue weighted by molar-refractivity contribution is -0.129. The second-order valence-corrected chi connectivity index (χ2v) is 4.88. The summed E-state index contributed by atoms with van der Waals surface area (Å²) in [6, 6.07) is 0. The molecule has 0 aromatic carbocycles. The molecule has 2 heteroatoms. The van der Waals surface area contributed by atoms with Gasteiger partial charge in [0.25, 0.3) is 0 Å². The highest BCUT2D eigenvalue weighted by molar-refractivity contribution is 5.87. The van der Waals surface area contributed by atoms with Crippen LogP contribution >= 0.6 is 0 Å². The fraction of sp³-hybridized carbons (Fsp3) is 0.769. The molecule has 2 rings (SSSR count). The fourth-order valence-electron chi connectivity index (χ4n) is 3.05. The number of carbonyl (C=O) groups excluding carboxylic acids is 1. The number of likely N-dealkylation sites (tertiary alicyclic amines) is 1. The third-order valence-electron chi connectivity index (χ3n) is 3.91. The second kappa shape index (κ2) is 4.82. The minimum Gasteiger partial charge on any atom is -0.339 e. The first-order valence-electron chi connectivity index (χ1n) is 6.23. The standard InChI is InChI=1S/C13H21NO/c1-2-5-13(15)14-9-8-11-6-3-4-7-12(11)10-14/h2,5,11-12H,3-4,6-10H2,1H3. The molecule has 0 aromatic heterocycles. The van der Waals surface area contributed by atoms with Gasteiger partial charge < -0.3 is 4.90 Å². The summed E-state index contributed by atoms with van der Waals surface area (Å²) in [5, 5.41) is 0. The first-order valence-corrected chi connectivity index (χ1v) is 6.23. The van der Waals surface area contributed by atoms with Gasteiger partial charge in [-0.25, -0.2) is 0 Å². The summed E-state index contributed by atoms with van der Waals surface area (Å²) in [6.07, 6.45) is 10.3. The average Bonchev–Trinajstić information content (AvgIpc) is 2.29. The van der Waals surface area contributed by atoms with Gasteiger partial charge in [-0.2, -0.15) is 0 Å². The predicted molar refractivity (Wildman–Crippen MR) is 61.5 cm³/mol. The van der Waals surface area contributed by atoms with E-state index in [9.17, 15) is 4.79 Å². The topological polar surface area (TPSA) is 20.3 Å². The van der Waals surface area contributed by atoms with E-state index in [-0.39, 0.29) is 5.91 Å². The van der Waals surface area contributed by atoms with Crippen molar-refractivity contribution in [2.75, 3.05) is 13.1 Å². The molecule has 0 aromatic rings. The van der Waals surface area contributed by atoms with Gasteiger partial charge in [0, 0.05) is 13.1 Å². The van der Waals surface area contributed by atoms with Gasteiger partial charge in [-0.05, 0) is 37.7 Å². The molecular formula is C13H21NO. The summed E-state index contributed by atoms with van der Waals surface area (Å²) in [4.78, 5) is 13.7. The maximum absolute atomic E-state index is 11.7. The van der Waals surface area contributed by atoms with Gasteiger partial charge in [-0.3, -0.25) is 4.79 Å². The molecule has 0 spiro atoms. The Kier molecular flexibility index (Phi) is 3.45. The number of fused-ring (bicyclic) bond motifs is 1. The SMILES string of the molecule is CC=CC(=O)N1CCC2CCCCC2C1. The molecule has 0 N–H and O–H groups in total. The molecule has 2 atom stereocenters. The minimum absolute atomic E-state index is 0.210. The number of allylic oxidation sites excluding steroid dienone is 1. The molecule has 1 saturated heterocycles. The third kappa shape index (κ3) is 2.42. The highest BCUT2D eigenvalue weighted by Crippen LogP contribution is 2.35. The fourth-order valence-corrected chi connectivity index (χ4v) is 3.05. The molecular weight excluding hydrogens is 186 g/mol. The summed E-state index contributed by atoms with van der Waals surface area (Å²) in [5.74, 6) is 1.91. The van der Waals surface area contributed by atoms with Crippen molar-refractivity contribution in [2.45, 2.75) is 39.0 Å². The van der Waals surface area contributed by atoms with Crippen molar-refractivity contribution in [3.05, 3.63) is 12.2 Å². The molecule has 0 bridgehead atoms. The van der Waals surface area contributed by atoms with E-state index in [1.807, 2.05) is 17.9 Å². The first kappa shape index (κ1) is 10.7. The molecule has 1 aliphatic heterocycles. The highest BCUT2D eigenvalue weighted by atomic mass is 16.2. The Morgan fingerprint density at radius 1 is 1.20 bits per heavy atom. The summed E-state index contributed by atoms with van der Waals surface area (Å²) in [7, 11) is 0. The van der Waals surface area contributed by atoms with E-state index in [0.29, 0.717) is 0 Å². The lowest BCUT2D eigenvalue weighted by Gasteiger charge is -2.41. The number of hydrogen-bond donors (Lipinski definition) is 0. The van der Waals surface area contributed by atoms with Crippen LogP contribution in [-0.2, 0) is 4.79 Å². The lowest BCUT2D eigenvalue weighted by Crippen LogP contribution is -2.44. The van der Waals surface area contributed by atoms with E-state index in [2.05, 4.69) is 0 Å². The maximum atomic E-state index is 11.7. The third-order valence-corrected chi connectivity index (χ3v) is 3.91. The Morgan fingerprint density at radius 2 is 1.93 bits per heavy atom. The van der Waals surface area contributed by atoms with Crippen LogP contribution in [-0.4, -0.2) is 23.9 Å². The molecule has 1 saturated carbocycles. The van der Waals surface area contributed by atoms with Crippen molar-refractivity contribution in [1.29, 1.82) is 0 Å². The molecule has 1 aliphatic carbocycles.